The van der Waals surface area contributed by atoms with Crippen molar-refractivity contribution >= 4 is 11.0 Å². The van der Waals surface area contributed by atoms with E-state index in [1.165, 1.54) is 103 Å². The van der Waals surface area contributed by atoms with Crippen molar-refractivity contribution in [1.82, 2.24) is 9.97 Å². The van der Waals surface area contributed by atoms with Crippen molar-refractivity contribution in [2.75, 3.05) is 0 Å². The summed E-state index contributed by atoms with van der Waals surface area (Å²) in [6.45, 7) is 3.41. The molecule has 0 aliphatic carbocycles. The lowest BCUT2D eigenvalue weighted by atomic mass is 10.0. The van der Waals surface area contributed by atoms with Gasteiger partial charge >= 0.3 is 0 Å². The van der Waals surface area contributed by atoms with Crippen molar-refractivity contribution in [3.8, 4) is 11.4 Å². The van der Waals surface area contributed by atoms with Crippen LogP contribution >= 0.6 is 0 Å². The van der Waals surface area contributed by atoms with E-state index in [2.05, 4.69) is 53.1 Å². The van der Waals surface area contributed by atoms with Gasteiger partial charge in [0.15, 0.2) is 12.4 Å². The highest BCUT2D eigenvalue weighted by molar-refractivity contribution is 5.78. The van der Waals surface area contributed by atoms with Gasteiger partial charge in [-0.15, -0.1) is 0 Å². The Morgan fingerprint density at radius 3 is 1.70 bits per heavy atom. The molecular weight excluding hydrogens is 402 g/mol. The Bertz CT molecular complexity index is 848. The Labute approximate surface area is 202 Å². The smallest absolute Gasteiger partial charge is 0.169 e. The topological polar surface area (TPSA) is 32.6 Å². The third-order valence-electron chi connectivity index (χ3n) is 6.82. The number of nitrogens with zero attached hydrogens (tertiary/aromatic N) is 2. The number of hydrogen-bond donors (Lipinski definition) is 1. The molecule has 2 aromatic heterocycles. The Morgan fingerprint density at radius 1 is 0.636 bits per heavy atom. The summed E-state index contributed by atoms with van der Waals surface area (Å²) in [5.41, 5.74) is 3.27. The van der Waals surface area contributed by atoms with Crippen molar-refractivity contribution in [2.45, 2.75) is 116 Å². The second kappa shape index (κ2) is 15.6. The first-order valence-corrected chi connectivity index (χ1v) is 13.8. The fourth-order valence-corrected chi connectivity index (χ4v) is 4.70. The molecule has 0 saturated carbocycles. The van der Waals surface area contributed by atoms with Crippen LogP contribution in [0.1, 0.15) is 110 Å². The van der Waals surface area contributed by atoms with Gasteiger partial charge in [0.1, 0.15) is 12.4 Å². The van der Waals surface area contributed by atoms with Crippen LogP contribution in [0.15, 0.2) is 48.8 Å². The van der Waals surface area contributed by atoms with E-state index >= 15 is 0 Å². The van der Waals surface area contributed by atoms with E-state index in [1.54, 1.807) is 0 Å². The second-order valence-electron chi connectivity index (χ2n) is 9.73. The van der Waals surface area contributed by atoms with Gasteiger partial charge in [0.25, 0.3) is 0 Å². The summed E-state index contributed by atoms with van der Waals surface area (Å²) >= 11 is 0. The summed E-state index contributed by atoms with van der Waals surface area (Å²) in [5, 5.41) is 0. The molecule has 0 aliphatic heterocycles. The van der Waals surface area contributed by atoms with Crippen LogP contribution in [-0.2, 0) is 6.54 Å². The average molecular weight is 449 g/mol. The van der Waals surface area contributed by atoms with Gasteiger partial charge in [0.2, 0.25) is 0 Å². The zero-order valence-electron chi connectivity index (χ0n) is 21.0. The van der Waals surface area contributed by atoms with Crippen LogP contribution in [0.25, 0.3) is 22.4 Å². The number of aromatic amines is 1. The zero-order valence-corrected chi connectivity index (χ0v) is 21.0. The fourth-order valence-electron chi connectivity index (χ4n) is 4.70. The normalized spacial score (nSPS) is 11.4. The number of pyridine rings is 1. The number of nitrogens with one attached hydrogen (secondary N) is 1. The summed E-state index contributed by atoms with van der Waals surface area (Å²) in [4.78, 5) is 8.11. The van der Waals surface area contributed by atoms with Gasteiger partial charge in [-0.3, -0.25) is 0 Å². The molecule has 33 heavy (non-hydrogen) atoms. The van der Waals surface area contributed by atoms with Gasteiger partial charge in [-0.05, 0) is 18.6 Å². The minimum Gasteiger partial charge on any atom is -0.338 e. The second-order valence-corrected chi connectivity index (χ2v) is 9.73. The predicted molar refractivity (Wildman–Crippen MR) is 141 cm³/mol. The largest absolute Gasteiger partial charge is 0.338 e. The first kappa shape index (κ1) is 25.5. The maximum Gasteiger partial charge on any atom is 0.169 e. The van der Waals surface area contributed by atoms with Crippen molar-refractivity contribution < 1.29 is 4.57 Å². The average Bonchev–Trinajstić information content (AvgIpc) is 3.28. The van der Waals surface area contributed by atoms with E-state index in [0.29, 0.717) is 0 Å². The fraction of sp³-hybridized carbons (Fsp3) is 0.600. The SMILES string of the molecule is CCCCCCCCCCCCCCCCCC[n+]1ccc(-c2nc3ccccc3[nH]2)cc1. The van der Waals surface area contributed by atoms with Crippen LogP contribution in [0.2, 0.25) is 0 Å². The quantitative estimate of drug-likeness (QED) is 0.153. The predicted octanol–water partition coefficient (Wildman–Crippen LogP) is 8.78. The van der Waals surface area contributed by atoms with Crippen LogP contribution in [0.3, 0.4) is 0 Å². The number of para-hydroxylation sites is 2. The van der Waals surface area contributed by atoms with Crippen LogP contribution in [0.4, 0.5) is 0 Å². The number of aromatic nitrogens is 3. The number of unbranched alkanes of at least 4 members (excludes halogenated alkanes) is 15. The summed E-state index contributed by atoms with van der Waals surface area (Å²) in [6, 6.07) is 12.5. The summed E-state index contributed by atoms with van der Waals surface area (Å²) in [5.74, 6) is 0.950. The number of aryl methyl sites for hydroxylation is 1. The number of hydrogen-bond acceptors (Lipinski definition) is 1. The third-order valence-corrected chi connectivity index (χ3v) is 6.82. The first-order valence-electron chi connectivity index (χ1n) is 13.8. The van der Waals surface area contributed by atoms with E-state index in [1.807, 2.05) is 12.1 Å². The highest BCUT2D eigenvalue weighted by atomic mass is 14.9. The highest BCUT2D eigenvalue weighted by Gasteiger charge is 2.07. The standard InChI is InChI=1S/C30H45N3/c1-2-3-4-5-6-7-8-9-10-11-12-13-14-15-16-19-24-33-25-22-27(23-26-33)30-31-28-20-17-18-21-29(28)32-30/h17-18,20-23,25-26H,2-16,19,24H2,1H3/p+1. The highest BCUT2D eigenvalue weighted by Crippen LogP contribution is 2.19. The maximum absolute atomic E-state index is 4.70. The molecule has 0 aliphatic rings. The molecule has 0 fully saturated rings. The molecule has 0 atom stereocenters. The van der Waals surface area contributed by atoms with Crippen LogP contribution in [0.5, 0.6) is 0 Å². The molecule has 0 spiro atoms. The minimum absolute atomic E-state index is 0.950. The summed E-state index contributed by atoms with van der Waals surface area (Å²) < 4.78 is 2.30. The molecule has 2 heterocycles. The Hall–Kier alpha value is -2.16. The van der Waals surface area contributed by atoms with Gasteiger partial charge in [0.05, 0.1) is 11.0 Å². The van der Waals surface area contributed by atoms with Gasteiger partial charge in [-0.25, -0.2) is 9.55 Å². The third kappa shape index (κ3) is 9.70. The number of rotatable bonds is 18. The Kier molecular flexibility index (Phi) is 12.1. The number of H-pyrrole nitrogens is 1. The number of benzene rings is 1. The summed E-state index contributed by atoms with van der Waals surface area (Å²) in [7, 11) is 0. The molecule has 0 radical (unpaired) electrons. The monoisotopic (exact) mass is 448 g/mol. The molecule has 1 N–H and O–H groups in total. The lowest BCUT2D eigenvalue weighted by Crippen LogP contribution is -2.32. The molecule has 0 unspecified atom stereocenters. The molecule has 3 nitrogen and oxygen atoms in total. The number of fused-ring (bicyclic) bond motifs is 1. The molecule has 0 amide bonds. The Morgan fingerprint density at radius 2 is 1.15 bits per heavy atom. The van der Waals surface area contributed by atoms with Crippen molar-refractivity contribution in [3.63, 3.8) is 0 Å². The first-order chi connectivity index (χ1) is 16.4. The van der Waals surface area contributed by atoms with Crippen LogP contribution in [0, 0.1) is 0 Å². The molecule has 3 aromatic rings. The molecular formula is C30H46N3+. The van der Waals surface area contributed by atoms with Gasteiger partial charge in [-0.1, -0.05) is 109 Å². The summed E-state index contributed by atoms with van der Waals surface area (Å²) in [6.07, 6.45) is 27.1. The molecule has 0 saturated heterocycles. The maximum atomic E-state index is 4.70. The molecule has 3 heteroatoms. The molecule has 1 aromatic carbocycles. The molecule has 0 bridgehead atoms. The van der Waals surface area contributed by atoms with Crippen molar-refractivity contribution in [1.29, 1.82) is 0 Å². The van der Waals surface area contributed by atoms with Crippen molar-refractivity contribution in [3.05, 3.63) is 48.8 Å². The van der Waals surface area contributed by atoms with Gasteiger partial charge < -0.3 is 4.98 Å². The van der Waals surface area contributed by atoms with E-state index in [4.69, 9.17) is 4.98 Å². The van der Waals surface area contributed by atoms with Gasteiger partial charge in [0, 0.05) is 24.1 Å². The zero-order chi connectivity index (χ0) is 23.0. The van der Waals surface area contributed by atoms with Crippen LogP contribution < -0.4 is 4.57 Å². The van der Waals surface area contributed by atoms with E-state index in [9.17, 15) is 0 Å². The Balaban J connectivity index is 1.16. The van der Waals surface area contributed by atoms with E-state index < -0.39 is 0 Å². The molecule has 180 valence electrons. The lowest BCUT2D eigenvalue weighted by molar-refractivity contribution is -0.697. The van der Waals surface area contributed by atoms with E-state index in [0.717, 1.165) is 29.0 Å². The van der Waals surface area contributed by atoms with Crippen LogP contribution in [-0.4, -0.2) is 9.97 Å². The minimum atomic E-state index is 0.950. The van der Waals surface area contributed by atoms with E-state index in [-0.39, 0.29) is 0 Å². The lowest BCUT2D eigenvalue weighted by Gasteiger charge is -2.03. The number of imidazole rings is 1. The van der Waals surface area contributed by atoms with Gasteiger partial charge in [-0.2, -0.15) is 0 Å². The van der Waals surface area contributed by atoms with Crippen molar-refractivity contribution in [2.24, 2.45) is 0 Å². The molecule has 3 rings (SSSR count).